The van der Waals surface area contributed by atoms with Crippen LogP contribution >= 0.6 is 11.8 Å². The van der Waals surface area contributed by atoms with Crippen molar-refractivity contribution in [2.24, 2.45) is 0 Å². The molecule has 0 amide bonds. The highest BCUT2D eigenvalue weighted by molar-refractivity contribution is 7.98. The highest BCUT2D eigenvalue weighted by atomic mass is 32.2. The number of hydrogen-bond donors (Lipinski definition) is 2. The van der Waals surface area contributed by atoms with Crippen LogP contribution in [0.25, 0.3) is 6.08 Å². The lowest BCUT2D eigenvalue weighted by atomic mass is 9.95. The molecule has 0 spiro atoms. The standard InChI is InChI=1S/C14H19N3O2S/c1-20-14-15-9-10(7-8-12(18)19)13(17-14)16-11-5-3-2-4-6-11/h7-9,11H,2-6H2,1H3,(H,18,19)(H,15,16,17). The molecule has 5 nitrogen and oxygen atoms in total. The first kappa shape index (κ1) is 14.8. The molecule has 1 aliphatic rings. The molecule has 1 aliphatic carbocycles. The fourth-order valence-corrected chi connectivity index (χ4v) is 2.65. The second-order valence-electron chi connectivity index (χ2n) is 4.81. The first-order valence-electron chi connectivity index (χ1n) is 6.77. The van der Waals surface area contributed by atoms with Gasteiger partial charge >= 0.3 is 5.97 Å². The SMILES string of the molecule is CSc1ncc(C=CC(=O)O)c(NC2CCCCC2)n1. The largest absolute Gasteiger partial charge is 0.478 e. The van der Waals surface area contributed by atoms with Crippen molar-refractivity contribution in [1.29, 1.82) is 0 Å². The predicted octanol–water partition coefficient (Wildman–Crippen LogP) is 3.04. The zero-order valence-electron chi connectivity index (χ0n) is 11.5. The Kier molecular flexibility index (Phi) is 5.40. The zero-order valence-corrected chi connectivity index (χ0v) is 12.3. The van der Waals surface area contributed by atoms with Crippen LogP contribution in [-0.2, 0) is 4.79 Å². The van der Waals surface area contributed by atoms with E-state index in [0.717, 1.165) is 30.3 Å². The molecule has 0 bridgehead atoms. The Balaban J connectivity index is 2.19. The summed E-state index contributed by atoms with van der Waals surface area (Å²) in [4.78, 5) is 19.3. The van der Waals surface area contributed by atoms with Crippen LogP contribution in [0.2, 0.25) is 0 Å². The maximum absolute atomic E-state index is 10.6. The van der Waals surface area contributed by atoms with Gasteiger partial charge in [-0.2, -0.15) is 0 Å². The van der Waals surface area contributed by atoms with Gasteiger partial charge in [0.2, 0.25) is 0 Å². The van der Waals surface area contributed by atoms with Crippen molar-refractivity contribution in [2.45, 2.75) is 43.3 Å². The number of carboxylic acid groups (broad SMARTS) is 1. The summed E-state index contributed by atoms with van der Waals surface area (Å²) in [6, 6.07) is 0.422. The highest BCUT2D eigenvalue weighted by Gasteiger charge is 2.15. The van der Waals surface area contributed by atoms with Gasteiger partial charge in [0.25, 0.3) is 0 Å². The van der Waals surface area contributed by atoms with Crippen molar-refractivity contribution in [1.82, 2.24) is 9.97 Å². The third kappa shape index (κ3) is 4.23. The molecule has 1 heterocycles. The first-order chi connectivity index (χ1) is 9.69. The number of aliphatic carboxylic acids is 1. The third-order valence-electron chi connectivity index (χ3n) is 3.33. The summed E-state index contributed by atoms with van der Waals surface area (Å²) in [7, 11) is 0. The molecule has 2 rings (SSSR count). The number of nitrogens with one attached hydrogen (secondary N) is 1. The molecule has 0 radical (unpaired) electrons. The average molecular weight is 293 g/mol. The molecule has 0 aromatic carbocycles. The van der Waals surface area contributed by atoms with Gasteiger partial charge in [-0.15, -0.1) is 0 Å². The minimum Gasteiger partial charge on any atom is -0.478 e. The quantitative estimate of drug-likeness (QED) is 0.494. The molecule has 6 heteroatoms. The van der Waals surface area contributed by atoms with E-state index in [-0.39, 0.29) is 0 Å². The van der Waals surface area contributed by atoms with E-state index >= 15 is 0 Å². The maximum atomic E-state index is 10.6. The highest BCUT2D eigenvalue weighted by Crippen LogP contribution is 2.24. The van der Waals surface area contributed by atoms with Crippen molar-refractivity contribution < 1.29 is 9.90 Å². The van der Waals surface area contributed by atoms with Gasteiger partial charge in [-0.3, -0.25) is 0 Å². The van der Waals surface area contributed by atoms with Crippen LogP contribution in [0.3, 0.4) is 0 Å². The summed E-state index contributed by atoms with van der Waals surface area (Å²) < 4.78 is 0. The number of carboxylic acids is 1. The van der Waals surface area contributed by atoms with E-state index < -0.39 is 5.97 Å². The van der Waals surface area contributed by atoms with Crippen molar-refractivity contribution in [2.75, 3.05) is 11.6 Å². The van der Waals surface area contributed by atoms with E-state index in [1.54, 1.807) is 6.20 Å². The third-order valence-corrected chi connectivity index (χ3v) is 3.89. The molecule has 1 aromatic heterocycles. The molecule has 1 aromatic rings. The fraction of sp³-hybridized carbons (Fsp3) is 0.500. The van der Waals surface area contributed by atoms with E-state index in [9.17, 15) is 4.79 Å². The number of hydrogen-bond acceptors (Lipinski definition) is 5. The minimum absolute atomic E-state index is 0.422. The maximum Gasteiger partial charge on any atom is 0.328 e. The summed E-state index contributed by atoms with van der Waals surface area (Å²) in [5.41, 5.74) is 0.718. The molecule has 0 unspecified atom stereocenters. The molecule has 0 aliphatic heterocycles. The van der Waals surface area contributed by atoms with Gasteiger partial charge in [0, 0.05) is 23.9 Å². The molecule has 0 saturated heterocycles. The normalized spacial score (nSPS) is 16.4. The van der Waals surface area contributed by atoms with E-state index in [2.05, 4.69) is 15.3 Å². The molecule has 1 saturated carbocycles. The fourth-order valence-electron chi connectivity index (χ4n) is 2.31. The van der Waals surface area contributed by atoms with Crippen molar-refractivity contribution in [3.63, 3.8) is 0 Å². The summed E-state index contributed by atoms with van der Waals surface area (Å²) >= 11 is 1.48. The van der Waals surface area contributed by atoms with Crippen LogP contribution in [-0.4, -0.2) is 33.3 Å². The van der Waals surface area contributed by atoms with Crippen LogP contribution < -0.4 is 5.32 Å². The van der Waals surface area contributed by atoms with Crippen LogP contribution in [0.4, 0.5) is 5.82 Å². The lowest BCUT2D eigenvalue weighted by Crippen LogP contribution is -2.23. The smallest absolute Gasteiger partial charge is 0.328 e. The minimum atomic E-state index is -0.970. The van der Waals surface area contributed by atoms with Gasteiger partial charge in [0.15, 0.2) is 5.16 Å². The molecular weight excluding hydrogens is 274 g/mol. The Hall–Kier alpha value is -1.56. The van der Waals surface area contributed by atoms with Gasteiger partial charge in [0.1, 0.15) is 5.82 Å². The Morgan fingerprint density at radius 3 is 2.85 bits per heavy atom. The number of carbonyl (C=O) groups is 1. The topological polar surface area (TPSA) is 75.1 Å². The second kappa shape index (κ2) is 7.28. The number of thioether (sulfide) groups is 1. The van der Waals surface area contributed by atoms with Crippen LogP contribution in [0, 0.1) is 0 Å². The van der Waals surface area contributed by atoms with E-state index in [4.69, 9.17) is 5.11 Å². The summed E-state index contributed by atoms with van der Waals surface area (Å²) in [5.74, 6) is -0.240. The molecule has 1 fully saturated rings. The van der Waals surface area contributed by atoms with Gasteiger partial charge in [-0.25, -0.2) is 14.8 Å². The van der Waals surface area contributed by atoms with Crippen molar-refractivity contribution in [3.05, 3.63) is 17.8 Å². The predicted molar refractivity (Wildman–Crippen MR) is 81.0 cm³/mol. The monoisotopic (exact) mass is 293 g/mol. The van der Waals surface area contributed by atoms with Crippen molar-refractivity contribution in [3.8, 4) is 0 Å². The average Bonchev–Trinajstić information content (AvgIpc) is 2.46. The van der Waals surface area contributed by atoms with Gasteiger partial charge in [0.05, 0.1) is 0 Å². The molecule has 0 atom stereocenters. The Bertz CT molecular complexity index is 499. The Labute approximate surface area is 122 Å². The van der Waals surface area contributed by atoms with Gasteiger partial charge in [-0.05, 0) is 25.2 Å². The summed E-state index contributed by atoms with van der Waals surface area (Å²) in [5, 5.41) is 12.9. The van der Waals surface area contributed by atoms with Crippen molar-refractivity contribution >= 4 is 29.6 Å². The van der Waals surface area contributed by atoms with Gasteiger partial charge < -0.3 is 10.4 Å². The zero-order chi connectivity index (χ0) is 14.4. The number of anilines is 1. The lowest BCUT2D eigenvalue weighted by Gasteiger charge is -2.24. The summed E-state index contributed by atoms with van der Waals surface area (Å²) in [6.45, 7) is 0. The number of nitrogens with zero attached hydrogens (tertiary/aromatic N) is 2. The molecular formula is C14H19N3O2S. The second-order valence-corrected chi connectivity index (χ2v) is 5.58. The first-order valence-corrected chi connectivity index (χ1v) is 8.00. The lowest BCUT2D eigenvalue weighted by molar-refractivity contribution is -0.131. The Morgan fingerprint density at radius 2 is 2.20 bits per heavy atom. The Morgan fingerprint density at radius 1 is 1.45 bits per heavy atom. The molecule has 2 N–H and O–H groups in total. The number of aromatic nitrogens is 2. The molecule has 108 valence electrons. The van der Waals surface area contributed by atoms with Crippen LogP contribution in [0.1, 0.15) is 37.7 Å². The molecule has 20 heavy (non-hydrogen) atoms. The number of rotatable bonds is 5. The van der Waals surface area contributed by atoms with E-state index in [1.165, 1.54) is 37.1 Å². The van der Waals surface area contributed by atoms with Gasteiger partial charge in [-0.1, -0.05) is 31.0 Å². The van der Waals surface area contributed by atoms with E-state index in [0.29, 0.717) is 11.2 Å². The van der Waals surface area contributed by atoms with E-state index in [1.807, 2.05) is 6.26 Å². The summed E-state index contributed by atoms with van der Waals surface area (Å²) in [6.07, 6.45) is 12.3. The van der Waals surface area contributed by atoms with Crippen LogP contribution in [0.15, 0.2) is 17.4 Å². The van der Waals surface area contributed by atoms with Crippen LogP contribution in [0.5, 0.6) is 0 Å².